The molecule has 7 heteroatoms. The zero-order valence-electron chi connectivity index (χ0n) is 8.73. The summed E-state index contributed by atoms with van der Waals surface area (Å²) in [6.45, 7) is -0.225. The molecule has 0 aromatic heterocycles. The van der Waals surface area contributed by atoms with E-state index in [0.717, 1.165) is 0 Å². The SMILES string of the molecule is COC(=O)C1CCC(C(F)F)N(C(=O)O)C1. The number of nitrogens with zero attached hydrogens (tertiary/aromatic N) is 1. The van der Waals surface area contributed by atoms with Crippen LogP contribution in [-0.4, -0.2) is 48.2 Å². The van der Waals surface area contributed by atoms with Gasteiger partial charge in [-0.25, -0.2) is 13.6 Å². The Hall–Kier alpha value is -1.40. The van der Waals surface area contributed by atoms with E-state index >= 15 is 0 Å². The zero-order valence-corrected chi connectivity index (χ0v) is 8.73. The van der Waals surface area contributed by atoms with Crippen LogP contribution in [0.5, 0.6) is 0 Å². The van der Waals surface area contributed by atoms with E-state index in [1.807, 2.05) is 0 Å². The lowest BCUT2D eigenvalue weighted by molar-refractivity contribution is -0.148. The van der Waals surface area contributed by atoms with Gasteiger partial charge < -0.3 is 9.84 Å². The number of carbonyl (C=O) groups is 2. The van der Waals surface area contributed by atoms with Crippen molar-refractivity contribution in [1.29, 1.82) is 0 Å². The second-order valence-corrected chi connectivity index (χ2v) is 3.63. The van der Waals surface area contributed by atoms with Gasteiger partial charge in [-0.05, 0) is 12.8 Å². The molecule has 5 nitrogen and oxygen atoms in total. The quantitative estimate of drug-likeness (QED) is 0.732. The van der Waals surface area contributed by atoms with Crippen LogP contribution in [0, 0.1) is 5.92 Å². The summed E-state index contributed by atoms with van der Waals surface area (Å²) in [5.74, 6) is -1.20. The van der Waals surface area contributed by atoms with E-state index in [2.05, 4.69) is 4.74 Å². The molecule has 0 aromatic carbocycles. The number of ether oxygens (including phenoxy) is 1. The molecule has 1 aliphatic rings. The van der Waals surface area contributed by atoms with Gasteiger partial charge in [0.1, 0.15) is 0 Å². The number of esters is 1. The molecule has 0 aliphatic carbocycles. The molecular formula is C9H13F2NO4. The smallest absolute Gasteiger partial charge is 0.407 e. The highest BCUT2D eigenvalue weighted by molar-refractivity contribution is 5.74. The predicted molar refractivity (Wildman–Crippen MR) is 49.3 cm³/mol. The fourth-order valence-corrected chi connectivity index (χ4v) is 1.83. The number of alkyl halides is 2. The van der Waals surface area contributed by atoms with Gasteiger partial charge in [0.25, 0.3) is 6.43 Å². The first-order valence-electron chi connectivity index (χ1n) is 4.83. The molecule has 0 spiro atoms. The summed E-state index contributed by atoms with van der Waals surface area (Å²) in [4.78, 5) is 22.6. The van der Waals surface area contributed by atoms with Crippen molar-refractivity contribution >= 4 is 12.1 Å². The monoisotopic (exact) mass is 237 g/mol. The van der Waals surface area contributed by atoms with Gasteiger partial charge in [0.2, 0.25) is 0 Å². The molecule has 1 saturated heterocycles. The number of hydrogen-bond acceptors (Lipinski definition) is 3. The van der Waals surface area contributed by atoms with Crippen molar-refractivity contribution in [2.45, 2.75) is 25.3 Å². The lowest BCUT2D eigenvalue weighted by atomic mass is 9.93. The molecule has 92 valence electrons. The van der Waals surface area contributed by atoms with E-state index in [0.29, 0.717) is 4.90 Å². The van der Waals surface area contributed by atoms with Gasteiger partial charge in [0.15, 0.2) is 0 Å². The molecule has 2 unspecified atom stereocenters. The van der Waals surface area contributed by atoms with Crippen LogP contribution in [0.4, 0.5) is 13.6 Å². The highest BCUT2D eigenvalue weighted by atomic mass is 19.3. The number of carbonyl (C=O) groups excluding carboxylic acids is 1. The maximum Gasteiger partial charge on any atom is 0.407 e. The largest absolute Gasteiger partial charge is 0.469 e. The first-order valence-corrected chi connectivity index (χ1v) is 4.83. The van der Waals surface area contributed by atoms with Gasteiger partial charge in [0.05, 0.1) is 19.1 Å². The maximum atomic E-state index is 12.5. The average Bonchev–Trinajstić information content (AvgIpc) is 2.26. The minimum absolute atomic E-state index is 0.0241. The van der Waals surface area contributed by atoms with Crippen LogP contribution in [0.25, 0.3) is 0 Å². The van der Waals surface area contributed by atoms with Crippen molar-refractivity contribution < 1.29 is 28.2 Å². The number of hydrogen-bond donors (Lipinski definition) is 1. The zero-order chi connectivity index (χ0) is 12.3. The number of amides is 1. The van der Waals surface area contributed by atoms with Crippen LogP contribution in [0.1, 0.15) is 12.8 Å². The van der Waals surface area contributed by atoms with Crippen molar-refractivity contribution in [3.63, 3.8) is 0 Å². The Bertz CT molecular complexity index is 285. The van der Waals surface area contributed by atoms with Crippen LogP contribution in [-0.2, 0) is 9.53 Å². The van der Waals surface area contributed by atoms with Crippen molar-refractivity contribution in [3.05, 3.63) is 0 Å². The standard InChI is InChI=1S/C9H13F2NO4/c1-16-8(13)5-2-3-6(7(10)11)12(4-5)9(14)15/h5-7H,2-4H2,1H3,(H,14,15). The molecule has 0 saturated carbocycles. The second-order valence-electron chi connectivity index (χ2n) is 3.63. The van der Waals surface area contributed by atoms with Crippen molar-refractivity contribution in [3.8, 4) is 0 Å². The molecule has 2 atom stereocenters. The van der Waals surface area contributed by atoms with E-state index in [9.17, 15) is 18.4 Å². The maximum absolute atomic E-state index is 12.5. The first-order chi connectivity index (χ1) is 7.47. The van der Waals surface area contributed by atoms with Gasteiger partial charge in [0, 0.05) is 6.54 Å². The molecule has 0 bridgehead atoms. The van der Waals surface area contributed by atoms with E-state index in [4.69, 9.17) is 5.11 Å². The third-order valence-electron chi connectivity index (χ3n) is 2.70. The number of methoxy groups -OCH3 is 1. The molecule has 1 amide bonds. The number of carboxylic acid groups (broad SMARTS) is 1. The van der Waals surface area contributed by atoms with Crippen LogP contribution in [0.2, 0.25) is 0 Å². The predicted octanol–water partition coefficient (Wildman–Crippen LogP) is 1.18. The summed E-state index contributed by atoms with van der Waals surface area (Å²) in [6, 6.07) is -1.32. The van der Waals surface area contributed by atoms with Crippen LogP contribution in [0.3, 0.4) is 0 Å². The van der Waals surface area contributed by atoms with Crippen molar-refractivity contribution in [1.82, 2.24) is 4.90 Å². The lowest BCUT2D eigenvalue weighted by Crippen LogP contribution is -2.51. The Morgan fingerprint density at radius 2 is 2.06 bits per heavy atom. The summed E-state index contributed by atoms with van der Waals surface area (Å²) in [5.41, 5.74) is 0. The number of likely N-dealkylation sites (tertiary alicyclic amines) is 1. The van der Waals surface area contributed by atoms with E-state index in [1.165, 1.54) is 7.11 Å². The number of piperidine rings is 1. The van der Waals surface area contributed by atoms with Gasteiger partial charge in [-0.3, -0.25) is 9.69 Å². The Morgan fingerprint density at radius 1 is 1.44 bits per heavy atom. The first kappa shape index (κ1) is 12.7. The van der Waals surface area contributed by atoms with Crippen LogP contribution in [0.15, 0.2) is 0 Å². The average molecular weight is 237 g/mol. The summed E-state index contributed by atoms with van der Waals surface area (Å²) in [6.07, 6.45) is -3.96. The number of rotatable bonds is 2. The molecule has 1 heterocycles. The third kappa shape index (κ3) is 2.59. The molecule has 1 N–H and O–H groups in total. The Balaban J connectivity index is 2.72. The van der Waals surface area contributed by atoms with E-state index in [1.54, 1.807) is 0 Å². The Kier molecular flexibility index (Phi) is 4.03. The Morgan fingerprint density at radius 3 is 2.50 bits per heavy atom. The van der Waals surface area contributed by atoms with E-state index < -0.39 is 30.4 Å². The molecule has 0 aromatic rings. The fraction of sp³-hybridized carbons (Fsp3) is 0.778. The van der Waals surface area contributed by atoms with Crippen molar-refractivity contribution in [2.75, 3.05) is 13.7 Å². The molecule has 16 heavy (non-hydrogen) atoms. The molecular weight excluding hydrogens is 224 g/mol. The van der Waals surface area contributed by atoms with Crippen LogP contribution >= 0.6 is 0 Å². The van der Waals surface area contributed by atoms with Crippen LogP contribution < -0.4 is 0 Å². The molecule has 1 rings (SSSR count). The fourth-order valence-electron chi connectivity index (χ4n) is 1.83. The topological polar surface area (TPSA) is 66.8 Å². The van der Waals surface area contributed by atoms with Gasteiger partial charge in [-0.1, -0.05) is 0 Å². The lowest BCUT2D eigenvalue weighted by Gasteiger charge is -2.36. The minimum atomic E-state index is -2.73. The molecule has 0 radical (unpaired) electrons. The summed E-state index contributed by atoms with van der Waals surface area (Å²) in [5, 5.41) is 8.77. The Labute approximate surface area is 91.0 Å². The normalized spacial score (nSPS) is 25.6. The summed E-state index contributed by atoms with van der Waals surface area (Å²) >= 11 is 0. The number of halogens is 2. The minimum Gasteiger partial charge on any atom is -0.469 e. The third-order valence-corrected chi connectivity index (χ3v) is 2.70. The molecule has 1 aliphatic heterocycles. The summed E-state index contributed by atoms with van der Waals surface area (Å²) < 4.78 is 29.5. The highest BCUT2D eigenvalue weighted by Crippen LogP contribution is 2.26. The highest BCUT2D eigenvalue weighted by Gasteiger charge is 2.39. The second kappa shape index (κ2) is 5.09. The van der Waals surface area contributed by atoms with Gasteiger partial charge in [-0.2, -0.15) is 0 Å². The van der Waals surface area contributed by atoms with Crippen molar-refractivity contribution in [2.24, 2.45) is 5.92 Å². The van der Waals surface area contributed by atoms with Gasteiger partial charge in [-0.15, -0.1) is 0 Å². The summed E-state index contributed by atoms with van der Waals surface area (Å²) in [7, 11) is 1.19. The van der Waals surface area contributed by atoms with E-state index in [-0.39, 0.29) is 19.4 Å². The van der Waals surface area contributed by atoms with Gasteiger partial charge >= 0.3 is 12.1 Å². The molecule has 1 fully saturated rings.